The minimum absolute atomic E-state index is 0.332. The van der Waals surface area contributed by atoms with Gasteiger partial charge >= 0.3 is 5.69 Å². The first-order valence-corrected chi connectivity index (χ1v) is 4.07. The molecule has 1 N–H and O–H groups in total. The van der Waals surface area contributed by atoms with Crippen LogP contribution in [0.15, 0.2) is 25.9 Å². The van der Waals surface area contributed by atoms with Crippen LogP contribution in [0.3, 0.4) is 0 Å². The molecule has 1 aromatic rings. The molecule has 0 unspecified atom stereocenters. The van der Waals surface area contributed by atoms with Crippen LogP contribution in [0.5, 0.6) is 0 Å². The van der Waals surface area contributed by atoms with E-state index in [-0.39, 0.29) is 5.56 Å². The van der Waals surface area contributed by atoms with E-state index in [0.29, 0.717) is 0 Å². The average Bonchev–Trinajstić information content (AvgIpc) is 1.97. The van der Waals surface area contributed by atoms with Crippen LogP contribution in [0.2, 0.25) is 0 Å². The maximum atomic E-state index is 10.9. The van der Waals surface area contributed by atoms with Gasteiger partial charge < -0.3 is 4.98 Å². The molecule has 0 aliphatic heterocycles. The molecule has 4 nitrogen and oxygen atoms in total. The Morgan fingerprint density at radius 3 is 2.82 bits per heavy atom. The van der Waals surface area contributed by atoms with Crippen LogP contribution in [0.1, 0.15) is 0 Å². The molecule has 0 saturated carbocycles. The van der Waals surface area contributed by atoms with Crippen molar-refractivity contribution in [2.75, 3.05) is 0 Å². The van der Waals surface area contributed by atoms with E-state index in [1.165, 1.54) is 18.5 Å². The Kier molecular flexibility index (Phi) is 2.64. The van der Waals surface area contributed by atoms with Gasteiger partial charge in [0.25, 0.3) is 5.56 Å². The highest BCUT2D eigenvalue weighted by atomic mass is 127. The van der Waals surface area contributed by atoms with Crippen molar-refractivity contribution in [2.24, 2.45) is 0 Å². The zero-order valence-electron chi connectivity index (χ0n) is 5.45. The van der Waals surface area contributed by atoms with E-state index in [0.717, 1.165) is 4.57 Å². The van der Waals surface area contributed by atoms with Crippen molar-refractivity contribution in [2.45, 2.75) is 0 Å². The van der Waals surface area contributed by atoms with E-state index < -0.39 is 5.69 Å². The monoisotopic (exact) mass is 264 g/mol. The second kappa shape index (κ2) is 3.51. The number of nitrogens with zero attached hydrogens (tertiary/aromatic N) is 1. The summed E-state index contributed by atoms with van der Waals surface area (Å²) in [6.45, 7) is 0. The molecule has 0 amide bonds. The average molecular weight is 264 g/mol. The van der Waals surface area contributed by atoms with Gasteiger partial charge in [0, 0.05) is 18.5 Å². The SMILES string of the molecule is O=c1cc[nH]c(=O)n1C=CI. The summed E-state index contributed by atoms with van der Waals surface area (Å²) in [5.74, 6) is 0. The first kappa shape index (κ1) is 8.25. The topological polar surface area (TPSA) is 54.9 Å². The zero-order chi connectivity index (χ0) is 8.27. The van der Waals surface area contributed by atoms with Gasteiger partial charge in [-0.25, -0.2) is 9.36 Å². The second-order valence-corrected chi connectivity index (χ2v) is 2.49. The number of halogens is 1. The summed E-state index contributed by atoms with van der Waals surface area (Å²) in [6, 6.07) is 1.29. The molecule has 0 aromatic carbocycles. The largest absolute Gasteiger partial charge is 0.332 e. The maximum absolute atomic E-state index is 10.9. The predicted molar refractivity (Wildman–Crippen MR) is 50.7 cm³/mol. The number of hydrogen-bond donors (Lipinski definition) is 1. The molecular weight excluding hydrogens is 259 g/mol. The van der Waals surface area contributed by atoms with E-state index >= 15 is 0 Å². The van der Waals surface area contributed by atoms with Crippen LogP contribution < -0.4 is 11.2 Å². The summed E-state index contributed by atoms with van der Waals surface area (Å²) < 4.78 is 2.58. The fourth-order valence-corrected chi connectivity index (χ4v) is 0.953. The second-order valence-electron chi connectivity index (χ2n) is 1.77. The molecule has 0 aliphatic rings. The van der Waals surface area contributed by atoms with Gasteiger partial charge in [0.05, 0.1) is 0 Å². The molecule has 0 aliphatic carbocycles. The van der Waals surface area contributed by atoms with Crippen LogP contribution in [0.25, 0.3) is 6.20 Å². The van der Waals surface area contributed by atoms with E-state index in [1.54, 1.807) is 4.08 Å². The van der Waals surface area contributed by atoms with Gasteiger partial charge in [-0.15, -0.1) is 0 Å². The zero-order valence-corrected chi connectivity index (χ0v) is 7.61. The van der Waals surface area contributed by atoms with Crippen molar-refractivity contribution in [3.05, 3.63) is 37.2 Å². The van der Waals surface area contributed by atoms with Crippen molar-refractivity contribution in [3.63, 3.8) is 0 Å². The third-order valence-electron chi connectivity index (χ3n) is 1.09. The van der Waals surface area contributed by atoms with Crippen molar-refractivity contribution in [3.8, 4) is 0 Å². The van der Waals surface area contributed by atoms with E-state index in [1.807, 2.05) is 22.6 Å². The Bertz CT molecular complexity index is 348. The number of rotatable bonds is 1. The van der Waals surface area contributed by atoms with Gasteiger partial charge in [-0.3, -0.25) is 4.79 Å². The molecule has 58 valence electrons. The van der Waals surface area contributed by atoms with Gasteiger partial charge in [-0.2, -0.15) is 0 Å². The summed E-state index contributed by atoms with van der Waals surface area (Å²) >= 11 is 1.93. The molecule has 1 heterocycles. The third kappa shape index (κ3) is 1.79. The van der Waals surface area contributed by atoms with Gasteiger partial charge in [0.15, 0.2) is 0 Å². The van der Waals surface area contributed by atoms with E-state index in [9.17, 15) is 9.59 Å². The highest BCUT2D eigenvalue weighted by Crippen LogP contribution is 1.83. The van der Waals surface area contributed by atoms with E-state index in [2.05, 4.69) is 4.98 Å². The van der Waals surface area contributed by atoms with Gasteiger partial charge in [-0.1, -0.05) is 22.6 Å². The minimum Gasteiger partial charge on any atom is -0.314 e. The van der Waals surface area contributed by atoms with Crippen LogP contribution in [-0.4, -0.2) is 9.55 Å². The summed E-state index contributed by atoms with van der Waals surface area (Å²) in [5.41, 5.74) is -0.757. The lowest BCUT2D eigenvalue weighted by Crippen LogP contribution is -2.29. The predicted octanol–water partition coefficient (Wildman–Crippen LogP) is 0.400. The number of hydrogen-bond acceptors (Lipinski definition) is 2. The lowest BCUT2D eigenvalue weighted by Gasteiger charge is -1.91. The van der Waals surface area contributed by atoms with E-state index in [4.69, 9.17) is 0 Å². The summed E-state index contributed by atoms with van der Waals surface area (Å²) in [5, 5.41) is 0. The molecule has 1 rings (SSSR count). The molecule has 0 fully saturated rings. The lowest BCUT2D eigenvalue weighted by atomic mass is 10.6. The Morgan fingerprint density at radius 2 is 2.27 bits per heavy atom. The van der Waals surface area contributed by atoms with Crippen molar-refractivity contribution in [1.29, 1.82) is 0 Å². The summed E-state index contributed by atoms with van der Waals surface area (Å²) in [7, 11) is 0. The number of nitrogens with one attached hydrogen (secondary N) is 1. The van der Waals surface area contributed by atoms with Crippen molar-refractivity contribution in [1.82, 2.24) is 9.55 Å². The molecule has 0 bridgehead atoms. The summed E-state index contributed by atoms with van der Waals surface area (Å²) in [4.78, 5) is 24.2. The van der Waals surface area contributed by atoms with Crippen LogP contribution in [-0.2, 0) is 0 Å². The van der Waals surface area contributed by atoms with Gasteiger partial charge in [-0.05, 0) is 4.08 Å². The normalized spacial score (nSPS) is 10.6. The fourth-order valence-electron chi connectivity index (χ4n) is 0.632. The number of aromatic amines is 1. The van der Waals surface area contributed by atoms with Gasteiger partial charge in [0.2, 0.25) is 0 Å². The van der Waals surface area contributed by atoms with Gasteiger partial charge in [0.1, 0.15) is 0 Å². The third-order valence-corrected chi connectivity index (χ3v) is 1.42. The Morgan fingerprint density at radius 1 is 1.55 bits per heavy atom. The highest BCUT2D eigenvalue weighted by molar-refractivity contribution is 14.1. The lowest BCUT2D eigenvalue weighted by molar-refractivity contribution is 0.921. The Labute approximate surface area is 75.7 Å². The van der Waals surface area contributed by atoms with Crippen LogP contribution in [0.4, 0.5) is 0 Å². The number of aromatic nitrogens is 2. The van der Waals surface area contributed by atoms with Crippen LogP contribution >= 0.6 is 22.6 Å². The number of H-pyrrole nitrogens is 1. The highest BCUT2D eigenvalue weighted by Gasteiger charge is 1.92. The summed E-state index contributed by atoms with van der Waals surface area (Å²) in [6.07, 6.45) is 2.73. The maximum Gasteiger partial charge on any atom is 0.332 e. The molecule has 0 radical (unpaired) electrons. The fraction of sp³-hybridized carbons (Fsp3) is 0. The van der Waals surface area contributed by atoms with Crippen molar-refractivity contribution < 1.29 is 0 Å². The quantitative estimate of drug-likeness (QED) is 0.746. The molecule has 0 saturated heterocycles. The smallest absolute Gasteiger partial charge is 0.314 e. The molecular formula is C6H5IN2O2. The molecule has 0 spiro atoms. The molecule has 11 heavy (non-hydrogen) atoms. The Balaban J connectivity index is 3.45. The molecule has 5 heteroatoms. The Hall–Kier alpha value is -0.850. The van der Waals surface area contributed by atoms with Crippen LogP contribution in [0, 0.1) is 0 Å². The first-order chi connectivity index (χ1) is 5.25. The molecule has 0 atom stereocenters. The minimum atomic E-state index is -0.426. The molecule has 1 aromatic heterocycles. The first-order valence-electron chi connectivity index (χ1n) is 2.83. The standard InChI is InChI=1S/C6H5IN2O2/c7-2-4-9-5(10)1-3-8-6(9)11/h1-4H,(H,8,11). The van der Waals surface area contributed by atoms with Crippen molar-refractivity contribution >= 4 is 28.8 Å².